The molecule has 0 bridgehead atoms. The number of ether oxygens (including phenoxy) is 1. The average molecular weight is 371 g/mol. The highest BCUT2D eigenvalue weighted by molar-refractivity contribution is 7.80. The van der Waals surface area contributed by atoms with Crippen LogP contribution in [0.2, 0.25) is 0 Å². The van der Waals surface area contributed by atoms with Crippen LogP contribution in [0.1, 0.15) is 41.8 Å². The van der Waals surface area contributed by atoms with Gasteiger partial charge in [-0.2, -0.15) is 0 Å². The summed E-state index contributed by atoms with van der Waals surface area (Å²) in [6, 6.07) is 13.1. The number of hydrogen-bond donors (Lipinski definition) is 2. The van der Waals surface area contributed by atoms with E-state index in [9.17, 15) is 4.79 Å². The van der Waals surface area contributed by atoms with Crippen molar-refractivity contribution < 1.29 is 9.53 Å². The van der Waals surface area contributed by atoms with Crippen LogP contribution in [-0.4, -0.2) is 17.6 Å². The van der Waals surface area contributed by atoms with Gasteiger partial charge >= 0.3 is 0 Å². The molecule has 0 spiro atoms. The summed E-state index contributed by atoms with van der Waals surface area (Å²) in [7, 11) is 0. The molecular formula is C21H26N2O2S. The molecule has 0 saturated carbocycles. The van der Waals surface area contributed by atoms with E-state index in [4.69, 9.17) is 17.0 Å². The van der Waals surface area contributed by atoms with Gasteiger partial charge in [0, 0.05) is 5.69 Å². The molecule has 0 unspecified atom stereocenters. The van der Waals surface area contributed by atoms with Crippen LogP contribution in [0.4, 0.5) is 5.69 Å². The summed E-state index contributed by atoms with van der Waals surface area (Å²) in [5.41, 5.74) is 3.69. The molecular weight excluding hydrogens is 344 g/mol. The Labute approximate surface area is 161 Å². The number of rotatable bonds is 6. The topological polar surface area (TPSA) is 50.4 Å². The number of para-hydroxylation sites is 1. The molecule has 2 aromatic carbocycles. The first-order valence-corrected chi connectivity index (χ1v) is 9.19. The molecule has 5 heteroatoms. The minimum atomic E-state index is -0.286. The van der Waals surface area contributed by atoms with E-state index in [1.165, 1.54) is 5.56 Å². The predicted octanol–water partition coefficient (Wildman–Crippen LogP) is 4.86. The summed E-state index contributed by atoms with van der Waals surface area (Å²) >= 11 is 5.27. The summed E-state index contributed by atoms with van der Waals surface area (Å²) in [6.07, 6.45) is 0.933. The van der Waals surface area contributed by atoms with Gasteiger partial charge in [-0.25, -0.2) is 0 Å². The van der Waals surface area contributed by atoms with E-state index in [0.29, 0.717) is 23.8 Å². The van der Waals surface area contributed by atoms with Gasteiger partial charge in [0.15, 0.2) is 5.11 Å². The summed E-state index contributed by atoms with van der Waals surface area (Å²) in [6.45, 7) is 8.94. The van der Waals surface area contributed by atoms with E-state index in [-0.39, 0.29) is 11.0 Å². The monoisotopic (exact) mass is 370 g/mol. The average Bonchev–Trinajstić information content (AvgIpc) is 2.58. The Morgan fingerprint density at radius 2 is 1.85 bits per heavy atom. The maximum Gasteiger partial charge on any atom is 0.261 e. The number of aryl methyl sites for hydroxylation is 2. The van der Waals surface area contributed by atoms with Crippen molar-refractivity contribution in [3.8, 4) is 5.75 Å². The predicted molar refractivity (Wildman–Crippen MR) is 111 cm³/mol. The second kappa shape index (κ2) is 9.34. The molecule has 1 amide bonds. The first-order valence-electron chi connectivity index (χ1n) is 8.78. The standard InChI is InChI=1S/C21H26N2O2S/c1-14(2)11-12-25-19-8-6-5-7-18(19)20(24)23-21(26)22-17-10-9-15(3)16(4)13-17/h5-10,13-14H,11-12H2,1-4H3,(H2,22,23,24,26). The second-order valence-corrected chi connectivity index (χ2v) is 7.14. The number of carbonyl (C=O) groups is 1. The third-order valence-electron chi connectivity index (χ3n) is 4.08. The van der Waals surface area contributed by atoms with Crippen molar-refractivity contribution in [1.29, 1.82) is 0 Å². The molecule has 4 nitrogen and oxygen atoms in total. The molecule has 0 heterocycles. The van der Waals surface area contributed by atoms with E-state index in [1.54, 1.807) is 12.1 Å². The van der Waals surface area contributed by atoms with Crippen molar-refractivity contribution in [2.75, 3.05) is 11.9 Å². The van der Waals surface area contributed by atoms with Crippen LogP contribution in [0, 0.1) is 19.8 Å². The Morgan fingerprint density at radius 1 is 1.12 bits per heavy atom. The Morgan fingerprint density at radius 3 is 2.54 bits per heavy atom. The Balaban J connectivity index is 2.00. The number of benzene rings is 2. The van der Waals surface area contributed by atoms with Crippen molar-refractivity contribution in [3.05, 3.63) is 59.2 Å². The van der Waals surface area contributed by atoms with Crippen LogP contribution >= 0.6 is 12.2 Å². The summed E-state index contributed by atoms with van der Waals surface area (Å²) < 4.78 is 5.77. The molecule has 0 saturated heterocycles. The van der Waals surface area contributed by atoms with Crippen LogP contribution in [0.5, 0.6) is 5.75 Å². The molecule has 0 atom stereocenters. The first kappa shape index (κ1) is 19.9. The SMILES string of the molecule is Cc1ccc(NC(=S)NC(=O)c2ccccc2OCCC(C)C)cc1C. The van der Waals surface area contributed by atoms with Gasteiger partial charge in [0.05, 0.1) is 12.2 Å². The summed E-state index contributed by atoms with van der Waals surface area (Å²) in [5.74, 6) is 0.830. The van der Waals surface area contributed by atoms with Gasteiger partial charge in [0.25, 0.3) is 5.91 Å². The number of thiocarbonyl (C=S) groups is 1. The number of nitrogens with one attached hydrogen (secondary N) is 2. The Hall–Kier alpha value is -2.40. The van der Waals surface area contributed by atoms with E-state index >= 15 is 0 Å². The van der Waals surface area contributed by atoms with Crippen LogP contribution in [0.25, 0.3) is 0 Å². The number of hydrogen-bond acceptors (Lipinski definition) is 3. The van der Waals surface area contributed by atoms with Crippen molar-refractivity contribution >= 4 is 28.9 Å². The summed E-state index contributed by atoms with van der Waals surface area (Å²) in [5, 5.41) is 6.03. The van der Waals surface area contributed by atoms with Crippen LogP contribution in [0.3, 0.4) is 0 Å². The molecule has 0 aliphatic carbocycles. The quantitative estimate of drug-likeness (QED) is 0.713. The second-order valence-electron chi connectivity index (χ2n) is 6.73. The molecule has 2 rings (SSSR count). The zero-order valence-corrected chi connectivity index (χ0v) is 16.6. The van der Waals surface area contributed by atoms with E-state index < -0.39 is 0 Å². The largest absolute Gasteiger partial charge is 0.493 e. The van der Waals surface area contributed by atoms with E-state index in [0.717, 1.165) is 17.7 Å². The van der Waals surface area contributed by atoms with Gasteiger partial charge in [0.2, 0.25) is 0 Å². The number of amides is 1. The molecule has 138 valence electrons. The highest BCUT2D eigenvalue weighted by Crippen LogP contribution is 2.19. The molecule has 0 radical (unpaired) electrons. The maximum absolute atomic E-state index is 12.6. The zero-order valence-electron chi connectivity index (χ0n) is 15.8. The van der Waals surface area contributed by atoms with Gasteiger partial charge in [-0.1, -0.05) is 32.0 Å². The lowest BCUT2D eigenvalue weighted by Gasteiger charge is -2.14. The zero-order chi connectivity index (χ0) is 19.1. The lowest BCUT2D eigenvalue weighted by molar-refractivity contribution is 0.0973. The minimum absolute atomic E-state index is 0.259. The third-order valence-corrected chi connectivity index (χ3v) is 4.28. The smallest absolute Gasteiger partial charge is 0.261 e. The van der Waals surface area contributed by atoms with Gasteiger partial charge in [-0.15, -0.1) is 0 Å². The third kappa shape index (κ3) is 5.85. The van der Waals surface area contributed by atoms with Crippen molar-refractivity contribution in [2.45, 2.75) is 34.1 Å². The van der Waals surface area contributed by atoms with Crippen molar-refractivity contribution in [1.82, 2.24) is 5.32 Å². The van der Waals surface area contributed by atoms with Gasteiger partial charge in [-0.05, 0) is 73.8 Å². The Bertz CT molecular complexity index is 787. The van der Waals surface area contributed by atoms with E-state index in [1.807, 2.05) is 37.3 Å². The first-order chi connectivity index (χ1) is 12.4. The minimum Gasteiger partial charge on any atom is -0.493 e. The normalized spacial score (nSPS) is 10.5. The fourth-order valence-electron chi connectivity index (χ4n) is 2.34. The maximum atomic E-state index is 12.6. The molecule has 2 N–H and O–H groups in total. The number of carbonyl (C=O) groups excluding carboxylic acids is 1. The highest BCUT2D eigenvalue weighted by atomic mass is 32.1. The Kier molecular flexibility index (Phi) is 7.16. The van der Waals surface area contributed by atoms with Gasteiger partial charge in [-0.3, -0.25) is 10.1 Å². The van der Waals surface area contributed by atoms with Gasteiger partial charge in [0.1, 0.15) is 5.75 Å². The lowest BCUT2D eigenvalue weighted by atomic mass is 10.1. The molecule has 0 fully saturated rings. The van der Waals surface area contributed by atoms with Crippen molar-refractivity contribution in [2.24, 2.45) is 5.92 Å². The van der Waals surface area contributed by atoms with Crippen molar-refractivity contribution in [3.63, 3.8) is 0 Å². The highest BCUT2D eigenvalue weighted by Gasteiger charge is 2.14. The molecule has 0 aliphatic heterocycles. The summed E-state index contributed by atoms with van der Waals surface area (Å²) in [4.78, 5) is 12.6. The molecule has 2 aromatic rings. The van der Waals surface area contributed by atoms with Crippen LogP contribution in [0.15, 0.2) is 42.5 Å². The molecule has 0 aromatic heterocycles. The van der Waals surface area contributed by atoms with Crippen LogP contribution < -0.4 is 15.4 Å². The molecule has 26 heavy (non-hydrogen) atoms. The van der Waals surface area contributed by atoms with Crippen LogP contribution in [-0.2, 0) is 0 Å². The fraction of sp³-hybridized carbons (Fsp3) is 0.333. The number of anilines is 1. The fourth-order valence-corrected chi connectivity index (χ4v) is 2.55. The molecule has 0 aliphatic rings. The van der Waals surface area contributed by atoms with Gasteiger partial charge < -0.3 is 10.1 Å². The lowest BCUT2D eigenvalue weighted by Crippen LogP contribution is -2.34. The van der Waals surface area contributed by atoms with E-state index in [2.05, 4.69) is 31.4 Å².